The van der Waals surface area contributed by atoms with Crippen molar-refractivity contribution in [2.45, 2.75) is 26.2 Å². The van der Waals surface area contributed by atoms with E-state index >= 15 is 0 Å². The summed E-state index contributed by atoms with van der Waals surface area (Å²) in [5.41, 5.74) is 0. The van der Waals surface area contributed by atoms with Crippen molar-refractivity contribution in [3.05, 3.63) is 0 Å². The van der Waals surface area contributed by atoms with E-state index in [9.17, 15) is 8.42 Å². The van der Waals surface area contributed by atoms with Gasteiger partial charge in [0.25, 0.3) is 10.1 Å². The molecule has 62 valence electrons. The summed E-state index contributed by atoms with van der Waals surface area (Å²) in [6, 6.07) is 0. The molecule has 1 fully saturated rings. The molecule has 1 saturated carbocycles. The molecule has 0 saturated heterocycles. The van der Waals surface area contributed by atoms with Crippen molar-refractivity contribution >= 4 is 10.1 Å². The van der Waals surface area contributed by atoms with Crippen molar-refractivity contribution in [3.63, 3.8) is 0 Å². The lowest BCUT2D eigenvalue weighted by atomic mass is 10.3. The molecule has 10 heavy (non-hydrogen) atoms. The van der Waals surface area contributed by atoms with Crippen LogP contribution in [0.2, 0.25) is 0 Å². The Balaban J connectivity index is 0.000000162. The molecule has 0 unspecified atom stereocenters. The lowest BCUT2D eigenvalue weighted by molar-refractivity contribution is 0.490. The van der Waals surface area contributed by atoms with Crippen LogP contribution in [0, 0.1) is 5.92 Å². The summed E-state index contributed by atoms with van der Waals surface area (Å²) < 4.78 is 25.9. The lowest BCUT2D eigenvalue weighted by Gasteiger charge is -1.72. The second kappa shape index (κ2) is 3.93. The van der Waals surface area contributed by atoms with Gasteiger partial charge in [-0.3, -0.25) is 4.55 Å². The fourth-order valence-corrected chi connectivity index (χ4v) is 0.526. The molecule has 0 heterocycles. The molecule has 0 aromatic rings. The van der Waals surface area contributed by atoms with E-state index < -0.39 is 10.1 Å². The molecule has 0 aromatic carbocycles. The highest BCUT2D eigenvalue weighted by atomic mass is 32.2. The third-order valence-electron chi connectivity index (χ3n) is 1.27. The quantitative estimate of drug-likeness (QED) is 0.597. The monoisotopic (exact) mass is 166 g/mol. The molecule has 0 bridgehead atoms. The second-order valence-electron chi connectivity index (χ2n) is 2.58. The van der Waals surface area contributed by atoms with Crippen LogP contribution in [0.3, 0.4) is 0 Å². The van der Waals surface area contributed by atoms with E-state index in [1.54, 1.807) is 0 Å². The Kier molecular flexibility index (Phi) is 3.89. The van der Waals surface area contributed by atoms with Gasteiger partial charge in [0.2, 0.25) is 0 Å². The van der Waals surface area contributed by atoms with Gasteiger partial charge in [-0.1, -0.05) is 26.2 Å². The molecule has 1 N–H and O–H groups in total. The van der Waals surface area contributed by atoms with Gasteiger partial charge in [-0.15, -0.1) is 0 Å². The van der Waals surface area contributed by atoms with Crippen LogP contribution in [0.15, 0.2) is 0 Å². The predicted molar refractivity (Wildman–Crippen MR) is 40.5 cm³/mol. The van der Waals surface area contributed by atoms with E-state index in [0.29, 0.717) is 6.26 Å². The predicted octanol–water partition coefficient (Wildman–Crippen LogP) is 1.31. The van der Waals surface area contributed by atoms with Crippen LogP contribution in [-0.2, 0) is 10.1 Å². The van der Waals surface area contributed by atoms with Crippen molar-refractivity contribution in [1.82, 2.24) is 0 Å². The van der Waals surface area contributed by atoms with Crippen LogP contribution < -0.4 is 0 Å². The van der Waals surface area contributed by atoms with E-state index in [4.69, 9.17) is 4.55 Å². The summed E-state index contributed by atoms with van der Waals surface area (Å²) in [7, 11) is -3.67. The summed E-state index contributed by atoms with van der Waals surface area (Å²) in [4.78, 5) is 0. The van der Waals surface area contributed by atoms with E-state index in [1.165, 1.54) is 19.3 Å². The van der Waals surface area contributed by atoms with Crippen LogP contribution in [-0.4, -0.2) is 19.2 Å². The summed E-state index contributed by atoms with van der Waals surface area (Å²) in [6.45, 7) is 2.26. The van der Waals surface area contributed by atoms with Crippen LogP contribution >= 0.6 is 0 Å². The first-order valence-electron chi connectivity index (χ1n) is 3.36. The number of hydrogen-bond donors (Lipinski definition) is 1. The first-order valence-corrected chi connectivity index (χ1v) is 5.20. The average Bonchev–Trinajstić information content (AvgIpc) is 2.39. The topological polar surface area (TPSA) is 54.4 Å². The van der Waals surface area contributed by atoms with Crippen LogP contribution in [0.4, 0.5) is 0 Å². The molecule has 1 aliphatic rings. The lowest BCUT2D eigenvalue weighted by Crippen LogP contribution is -1.88. The zero-order chi connectivity index (χ0) is 8.20. The Labute approximate surface area is 62.2 Å². The molecule has 0 amide bonds. The summed E-state index contributed by atoms with van der Waals surface area (Å²) in [5.74, 6) is 1.13. The SMILES string of the molecule is CCC1CC1.CS(=O)(=O)O. The molecule has 0 radical (unpaired) electrons. The van der Waals surface area contributed by atoms with Gasteiger partial charge in [0.15, 0.2) is 0 Å². The van der Waals surface area contributed by atoms with Crippen molar-refractivity contribution in [2.75, 3.05) is 6.26 Å². The van der Waals surface area contributed by atoms with Crippen LogP contribution in [0.5, 0.6) is 0 Å². The van der Waals surface area contributed by atoms with Crippen molar-refractivity contribution < 1.29 is 13.0 Å². The Morgan fingerprint density at radius 1 is 1.50 bits per heavy atom. The third-order valence-corrected chi connectivity index (χ3v) is 1.27. The first-order chi connectivity index (χ1) is 4.43. The highest BCUT2D eigenvalue weighted by Gasteiger charge is 2.17. The van der Waals surface area contributed by atoms with Gasteiger partial charge in [-0.2, -0.15) is 8.42 Å². The van der Waals surface area contributed by atoms with Gasteiger partial charge in [0.05, 0.1) is 6.26 Å². The van der Waals surface area contributed by atoms with Gasteiger partial charge in [-0.25, -0.2) is 0 Å². The minimum absolute atomic E-state index is 0.715. The molecule has 0 spiro atoms. The van der Waals surface area contributed by atoms with Crippen molar-refractivity contribution in [3.8, 4) is 0 Å². The Morgan fingerprint density at radius 2 is 1.80 bits per heavy atom. The molecule has 3 nitrogen and oxygen atoms in total. The van der Waals surface area contributed by atoms with E-state index in [1.807, 2.05) is 0 Å². The second-order valence-corrected chi connectivity index (χ2v) is 4.05. The normalized spacial score (nSPS) is 17.5. The van der Waals surface area contributed by atoms with E-state index in [0.717, 1.165) is 5.92 Å². The Morgan fingerprint density at radius 3 is 1.80 bits per heavy atom. The van der Waals surface area contributed by atoms with Gasteiger partial charge in [0.1, 0.15) is 0 Å². The zero-order valence-corrected chi connectivity index (χ0v) is 7.19. The van der Waals surface area contributed by atoms with Crippen LogP contribution in [0.25, 0.3) is 0 Å². The third kappa shape index (κ3) is 15.7. The van der Waals surface area contributed by atoms with Crippen molar-refractivity contribution in [2.24, 2.45) is 5.92 Å². The molecular weight excluding hydrogens is 152 g/mol. The molecular formula is C6H14O3S. The summed E-state index contributed by atoms with van der Waals surface area (Å²) in [5, 5.41) is 0. The first kappa shape index (κ1) is 9.91. The zero-order valence-electron chi connectivity index (χ0n) is 6.37. The highest BCUT2D eigenvalue weighted by Crippen LogP contribution is 2.31. The van der Waals surface area contributed by atoms with E-state index in [2.05, 4.69) is 6.92 Å². The molecule has 1 aliphatic carbocycles. The maximum absolute atomic E-state index is 9.19. The van der Waals surface area contributed by atoms with Gasteiger partial charge in [0, 0.05) is 0 Å². The van der Waals surface area contributed by atoms with Gasteiger partial charge >= 0.3 is 0 Å². The van der Waals surface area contributed by atoms with Gasteiger partial charge in [-0.05, 0) is 5.92 Å². The molecule has 0 aromatic heterocycles. The minimum atomic E-state index is -3.67. The van der Waals surface area contributed by atoms with E-state index in [-0.39, 0.29) is 0 Å². The molecule has 0 aliphatic heterocycles. The van der Waals surface area contributed by atoms with Crippen LogP contribution in [0.1, 0.15) is 26.2 Å². The maximum Gasteiger partial charge on any atom is 0.261 e. The fourth-order valence-electron chi connectivity index (χ4n) is 0.526. The minimum Gasteiger partial charge on any atom is -0.286 e. The summed E-state index contributed by atoms with van der Waals surface area (Å²) >= 11 is 0. The van der Waals surface area contributed by atoms with Crippen molar-refractivity contribution in [1.29, 1.82) is 0 Å². The Hall–Kier alpha value is -0.0900. The summed E-state index contributed by atoms with van der Waals surface area (Å²) in [6.07, 6.45) is 5.15. The smallest absolute Gasteiger partial charge is 0.261 e. The number of rotatable bonds is 1. The number of hydrogen-bond acceptors (Lipinski definition) is 2. The molecule has 1 rings (SSSR count). The fraction of sp³-hybridized carbons (Fsp3) is 1.00. The average molecular weight is 166 g/mol. The molecule has 0 atom stereocenters. The standard InChI is InChI=1S/C5H10.CH4O3S/c1-2-5-3-4-5;1-5(2,3)4/h5H,2-4H2,1H3;1H3,(H,2,3,4). The Bertz CT molecular complexity index is 159. The highest BCUT2D eigenvalue weighted by molar-refractivity contribution is 7.85. The van der Waals surface area contributed by atoms with Gasteiger partial charge < -0.3 is 0 Å². The maximum atomic E-state index is 9.19. The molecule has 4 heteroatoms. The largest absolute Gasteiger partial charge is 0.286 e.